The van der Waals surface area contributed by atoms with E-state index in [1.807, 2.05) is 18.2 Å². The Kier molecular flexibility index (Phi) is 5.05. The first kappa shape index (κ1) is 14.9. The smallest absolute Gasteiger partial charge is 0.124 e. The van der Waals surface area contributed by atoms with Crippen LogP contribution in [0.2, 0.25) is 5.02 Å². The molecule has 106 valence electrons. The zero-order chi connectivity index (χ0) is 14.5. The van der Waals surface area contributed by atoms with Crippen LogP contribution in [-0.2, 0) is 13.2 Å². The van der Waals surface area contributed by atoms with Gasteiger partial charge in [-0.2, -0.15) is 0 Å². The fourth-order valence-corrected chi connectivity index (χ4v) is 2.20. The summed E-state index contributed by atoms with van der Waals surface area (Å²) in [5, 5.41) is 0.680. The van der Waals surface area contributed by atoms with Gasteiger partial charge in [0, 0.05) is 17.1 Å². The first-order chi connectivity index (χ1) is 9.60. The van der Waals surface area contributed by atoms with Crippen molar-refractivity contribution in [2.75, 3.05) is 0 Å². The number of halogens is 1. The highest BCUT2D eigenvalue weighted by molar-refractivity contribution is 6.30. The minimum atomic E-state index is 0.419. The third-order valence-corrected chi connectivity index (χ3v) is 3.52. The molecule has 0 saturated heterocycles. The van der Waals surface area contributed by atoms with E-state index in [2.05, 4.69) is 38.1 Å². The maximum atomic E-state index is 5.95. The predicted octanol–water partition coefficient (Wildman–Crippen LogP) is 4.50. The zero-order valence-electron chi connectivity index (χ0n) is 11.9. The van der Waals surface area contributed by atoms with Gasteiger partial charge in [-0.3, -0.25) is 0 Å². The van der Waals surface area contributed by atoms with E-state index in [0.29, 0.717) is 24.1 Å². The van der Waals surface area contributed by atoms with Crippen molar-refractivity contribution in [3.05, 3.63) is 64.2 Å². The molecule has 0 atom stereocenters. The summed E-state index contributed by atoms with van der Waals surface area (Å²) in [6, 6.07) is 14.0. The lowest BCUT2D eigenvalue weighted by molar-refractivity contribution is 0.303. The zero-order valence-corrected chi connectivity index (χ0v) is 12.7. The van der Waals surface area contributed by atoms with Crippen molar-refractivity contribution in [2.24, 2.45) is 5.73 Å². The number of nitrogens with two attached hydrogens (primary N) is 1. The number of hydrogen-bond acceptors (Lipinski definition) is 2. The van der Waals surface area contributed by atoms with Crippen LogP contribution >= 0.6 is 11.6 Å². The first-order valence-corrected chi connectivity index (χ1v) is 7.18. The monoisotopic (exact) mass is 289 g/mol. The summed E-state index contributed by atoms with van der Waals surface area (Å²) >= 11 is 5.95. The van der Waals surface area contributed by atoms with Crippen LogP contribution in [0.1, 0.15) is 36.5 Å². The predicted molar refractivity (Wildman–Crippen MR) is 84.2 cm³/mol. The van der Waals surface area contributed by atoms with Gasteiger partial charge in [0.15, 0.2) is 0 Å². The van der Waals surface area contributed by atoms with Crippen LogP contribution in [0.5, 0.6) is 5.75 Å². The van der Waals surface area contributed by atoms with Crippen LogP contribution in [0.15, 0.2) is 42.5 Å². The third-order valence-electron chi connectivity index (χ3n) is 3.28. The molecule has 0 aliphatic heterocycles. The minimum absolute atomic E-state index is 0.419. The first-order valence-electron chi connectivity index (χ1n) is 6.80. The van der Waals surface area contributed by atoms with Gasteiger partial charge >= 0.3 is 0 Å². The maximum absolute atomic E-state index is 5.95. The van der Waals surface area contributed by atoms with Gasteiger partial charge in [-0.05, 0) is 35.2 Å². The quantitative estimate of drug-likeness (QED) is 0.879. The van der Waals surface area contributed by atoms with Gasteiger partial charge in [0.1, 0.15) is 12.4 Å². The van der Waals surface area contributed by atoms with Gasteiger partial charge in [0.25, 0.3) is 0 Å². The van der Waals surface area contributed by atoms with E-state index in [0.717, 1.165) is 16.9 Å². The van der Waals surface area contributed by atoms with Crippen molar-refractivity contribution in [3.8, 4) is 5.75 Å². The Morgan fingerprint density at radius 2 is 1.80 bits per heavy atom. The molecule has 0 aliphatic carbocycles. The summed E-state index contributed by atoms with van der Waals surface area (Å²) in [6.07, 6.45) is 0. The molecule has 0 heterocycles. The number of benzene rings is 2. The second kappa shape index (κ2) is 6.78. The van der Waals surface area contributed by atoms with Crippen molar-refractivity contribution >= 4 is 11.6 Å². The molecule has 2 aromatic carbocycles. The van der Waals surface area contributed by atoms with Crippen molar-refractivity contribution in [1.82, 2.24) is 0 Å². The Balaban J connectivity index is 2.05. The van der Waals surface area contributed by atoms with Crippen molar-refractivity contribution < 1.29 is 4.74 Å². The molecule has 0 fully saturated rings. The molecule has 0 spiro atoms. The third kappa shape index (κ3) is 3.75. The van der Waals surface area contributed by atoms with Gasteiger partial charge in [-0.25, -0.2) is 0 Å². The SMILES string of the molecule is CC(C)c1ccc(COc2ccc(Cl)cc2CN)cc1. The molecule has 2 rings (SSSR count). The van der Waals surface area contributed by atoms with Crippen LogP contribution in [-0.4, -0.2) is 0 Å². The highest BCUT2D eigenvalue weighted by atomic mass is 35.5. The molecule has 2 N–H and O–H groups in total. The van der Waals surface area contributed by atoms with Gasteiger partial charge in [-0.15, -0.1) is 0 Å². The molecule has 0 bridgehead atoms. The lowest BCUT2D eigenvalue weighted by Crippen LogP contribution is -2.03. The van der Waals surface area contributed by atoms with E-state index in [9.17, 15) is 0 Å². The van der Waals surface area contributed by atoms with Crippen molar-refractivity contribution in [2.45, 2.75) is 32.9 Å². The Labute approximate surface area is 125 Å². The highest BCUT2D eigenvalue weighted by Crippen LogP contribution is 2.23. The van der Waals surface area contributed by atoms with Crippen LogP contribution in [0.3, 0.4) is 0 Å². The molecule has 2 aromatic rings. The normalized spacial score (nSPS) is 10.8. The van der Waals surface area contributed by atoms with Crippen LogP contribution in [0.25, 0.3) is 0 Å². The van der Waals surface area contributed by atoms with Crippen molar-refractivity contribution in [3.63, 3.8) is 0 Å². The van der Waals surface area contributed by atoms with E-state index >= 15 is 0 Å². The summed E-state index contributed by atoms with van der Waals surface area (Å²) in [5.74, 6) is 1.34. The summed E-state index contributed by atoms with van der Waals surface area (Å²) < 4.78 is 5.83. The molecule has 20 heavy (non-hydrogen) atoms. The average Bonchev–Trinajstić information content (AvgIpc) is 2.46. The van der Waals surface area contributed by atoms with Gasteiger partial charge in [0.2, 0.25) is 0 Å². The van der Waals surface area contributed by atoms with E-state index < -0.39 is 0 Å². The van der Waals surface area contributed by atoms with Gasteiger partial charge in [0.05, 0.1) is 0 Å². The highest BCUT2D eigenvalue weighted by Gasteiger charge is 2.04. The molecule has 0 aromatic heterocycles. The fraction of sp³-hybridized carbons (Fsp3) is 0.294. The second-order valence-electron chi connectivity index (χ2n) is 5.14. The van der Waals surface area contributed by atoms with E-state index in [-0.39, 0.29) is 0 Å². The summed E-state index contributed by atoms with van der Waals surface area (Å²) in [7, 11) is 0. The van der Waals surface area contributed by atoms with Gasteiger partial charge in [-0.1, -0.05) is 49.7 Å². The molecule has 0 aliphatic rings. The molecular formula is C17H20ClNO. The standard InChI is InChI=1S/C17H20ClNO/c1-12(2)14-5-3-13(4-6-14)11-20-17-8-7-16(18)9-15(17)10-19/h3-9,12H,10-11,19H2,1-2H3. The second-order valence-corrected chi connectivity index (χ2v) is 5.58. The molecule has 0 unspecified atom stereocenters. The molecule has 0 saturated carbocycles. The Morgan fingerprint density at radius 3 is 2.40 bits per heavy atom. The van der Waals surface area contributed by atoms with E-state index in [1.165, 1.54) is 5.56 Å². The Hall–Kier alpha value is -1.51. The van der Waals surface area contributed by atoms with Gasteiger partial charge < -0.3 is 10.5 Å². The topological polar surface area (TPSA) is 35.2 Å². The van der Waals surface area contributed by atoms with Crippen LogP contribution in [0.4, 0.5) is 0 Å². The molecule has 0 radical (unpaired) electrons. The average molecular weight is 290 g/mol. The van der Waals surface area contributed by atoms with E-state index in [4.69, 9.17) is 22.1 Å². The summed E-state index contributed by atoms with van der Waals surface area (Å²) in [5.41, 5.74) is 9.11. The summed E-state index contributed by atoms with van der Waals surface area (Å²) in [6.45, 7) is 5.33. The summed E-state index contributed by atoms with van der Waals surface area (Å²) in [4.78, 5) is 0. The Morgan fingerprint density at radius 1 is 1.10 bits per heavy atom. The molecule has 3 heteroatoms. The number of ether oxygens (including phenoxy) is 1. The van der Waals surface area contributed by atoms with Crippen molar-refractivity contribution in [1.29, 1.82) is 0 Å². The number of hydrogen-bond donors (Lipinski definition) is 1. The van der Waals surface area contributed by atoms with E-state index in [1.54, 1.807) is 0 Å². The van der Waals surface area contributed by atoms with Crippen LogP contribution < -0.4 is 10.5 Å². The fourth-order valence-electron chi connectivity index (χ4n) is 2.01. The molecular weight excluding hydrogens is 270 g/mol. The maximum Gasteiger partial charge on any atom is 0.124 e. The largest absolute Gasteiger partial charge is 0.489 e. The number of rotatable bonds is 5. The molecule has 0 amide bonds. The minimum Gasteiger partial charge on any atom is -0.489 e. The lowest BCUT2D eigenvalue weighted by atomic mass is 10.0. The molecule has 2 nitrogen and oxygen atoms in total. The Bertz CT molecular complexity index is 564. The van der Waals surface area contributed by atoms with Crippen LogP contribution in [0, 0.1) is 0 Å². The lowest BCUT2D eigenvalue weighted by Gasteiger charge is -2.12.